The number of esters is 1. The van der Waals surface area contributed by atoms with Gasteiger partial charge < -0.3 is 9.64 Å². The van der Waals surface area contributed by atoms with E-state index in [9.17, 15) is 14.9 Å². The molecule has 0 amide bonds. The zero-order valence-electron chi connectivity index (χ0n) is 13.6. The highest BCUT2D eigenvalue weighted by Crippen LogP contribution is 2.16. The molecule has 6 nitrogen and oxygen atoms in total. The van der Waals surface area contributed by atoms with Gasteiger partial charge in [0, 0.05) is 24.7 Å². The van der Waals surface area contributed by atoms with Gasteiger partial charge in [0.15, 0.2) is 0 Å². The van der Waals surface area contributed by atoms with E-state index in [0.717, 1.165) is 19.5 Å². The summed E-state index contributed by atoms with van der Waals surface area (Å²) in [5.74, 6) is -0.427. The molecule has 1 aliphatic rings. The number of hydrogen-bond acceptors (Lipinski definition) is 5. The van der Waals surface area contributed by atoms with Gasteiger partial charge in [-0.1, -0.05) is 12.8 Å². The highest BCUT2D eigenvalue weighted by molar-refractivity contribution is 5.89. The third-order valence-corrected chi connectivity index (χ3v) is 4.33. The van der Waals surface area contributed by atoms with Crippen LogP contribution in [0.1, 0.15) is 49.4 Å². The van der Waals surface area contributed by atoms with Gasteiger partial charge in [-0.3, -0.25) is 10.1 Å². The van der Waals surface area contributed by atoms with E-state index < -0.39 is 10.9 Å². The summed E-state index contributed by atoms with van der Waals surface area (Å²) in [4.78, 5) is 24.4. The first-order chi connectivity index (χ1) is 11.1. The van der Waals surface area contributed by atoms with Crippen LogP contribution in [-0.4, -0.2) is 41.5 Å². The molecule has 1 aliphatic heterocycles. The Morgan fingerprint density at radius 3 is 2.74 bits per heavy atom. The molecule has 2 rings (SSSR count). The second-order valence-electron chi connectivity index (χ2n) is 6.03. The van der Waals surface area contributed by atoms with Crippen molar-refractivity contribution < 1.29 is 14.5 Å². The minimum atomic E-state index is -0.489. The fourth-order valence-corrected chi connectivity index (χ4v) is 2.90. The zero-order valence-corrected chi connectivity index (χ0v) is 13.6. The molecule has 0 saturated carbocycles. The Morgan fingerprint density at radius 2 is 2.04 bits per heavy atom. The molecule has 1 fully saturated rings. The first-order valence-corrected chi connectivity index (χ1v) is 8.23. The molecular weight excluding hydrogens is 296 g/mol. The number of hydrogen-bond donors (Lipinski definition) is 0. The van der Waals surface area contributed by atoms with Gasteiger partial charge in [-0.15, -0.1) is 0 Å². The molecule has 1 saturated heterocycles. The standard InChI is InChI=1S/C17H24N2O4/c1-14-6-3-2-4-11-18(14)12-5-13-23-17(20)15-7-9-16(10-8-15)19(21)22/h7-10,14H,2-6,11-13H2,1H3/t14-/m1/s1. The Morgan fingerprint density at radius 1 is 1.30 bits per heavy atom. The van der Waals surface area contributed by atoms with Crippen LogP contribution in [0.25, 0.3) is 0 Å². The van der Waals surface area contributed by atoms with Gasteiger partial charge in [0.1, 0.15) is 0 Å². The summed E-state index contributed by atoms with van der Waals surface area (Å²) in [6.07, 6.45) is 5.89. The highest BCUT2D eigenvalue weighted by atomic mass is 16.6. The lowest BCUT2D eigenvalue weighted by Crippen LogP contribution is -2.34. The molecule has 1 heterocycles. The largest absolute Gasteiger partial charge is 0.462 e. The van der Waals surface area contributed by atoms with Gasteiger partial charge in [-0.2, -0.15) is 0 Å². The molecule has 6 heteroatoms. The number of ether oxygens (including phenoxy) is 1. The number of carbonyl (C=O) groups excluding carboxylic acids is 1. The fourth-order valence-electron chi connectivity index (χ4n) is 2.90. The minimum Gasteiger partial charge on any atom is -0.462 e. The zero-order chi connectivity index (χ0) is 16.7. The normalized spacial score (nSPS) is 19.1. The molecule has 1 aromatic rings. The maximum atomic E-state index is 11.9. The lowest BCUT2D eigenvalue weighted by atomic mass is 10.1. The van der Waals surface area contributed by atoms with Gasteiger partial charge in [0.2, 0.25) is 0 Å². The quantitative estimate of drug-likeness (QED) is 0.347. The molecule has 0 bridgehead atoms. The monoisotopic (exact) mass is 320 g/mol. The van der Waals surface area contributed by atoms with E-state index in [1.165, 1.54) is 49.9 Å². The van der Waals surface area contributed by atoms with Crippen LogP contribution in [0.4, 0.5) is 5.69 Å². The minimum absolute atomic E-state index is 0.0308. The van der Waals surface area contributed by atoms with Gasteiger partial charge in [0.05, 0.1) is 17.1 Å². The SMILES string of the molecule is C[C@@H]1CCCCCN1CCCOC(=O)c1ccc([N+](=O)[O-])cc1. The molecule has 23 heavy (non-hydrogen) atoms. The van der Waals surface area contributed by atoms with E-state index in [-0.39, 0.29) is 5.69 Å². The summed E-state index contributed by atoms with van der Waals surface area (Å²) in [6, 6.07) is 6.09. The average Bonchev–Trinajstić information content (AvgIpc) is 2.76. The molecule has 0 radical (unpaired) electrons. The fraction of sp³-hybridized carbons (Fsp3) is 0.588. The van der Waals surface area contributed by atoms with E-state index in [1.54, 1.807) is 0 Å². The van der Waals surface area contributed by atoms with E-state index in [4.69, 9.17) is 4.74 Å². The molecule has 0 spiro atoms. The molecule has 1 aromatic carbocycles. The van der Waals surface area contributed by atoms with Gasteiger partial charge in [-0.25, -0.2) is 4.79 Å². The predicted molar refractivity (Wildman–Crippen MR) is 87.5 cm³/mol. The molecular formula is C17H24N2O4. The van der Waals surface area contributed by atoms with Crippen molar-refractivity contribution in [1.82, 2.24) is 4.90 Å². The topological polar surface area (TPSA) is 72.7 Å². The maximum Gasteiger partial charge on any atom is 0.338 e. The number of carbonyl (C=O) groups is 1. The van der Waals surface area contributed by atoms with Gasteiger partial charge in [0.25, 0.3) is 5.69 Å². The Hall–Kier alpha value is -1.95. The van der Waals surface area contributed by atoms with Crippen LogP contribution >= 0.6 is 0 Å². The summed E-state index contributed by atoms with van der Waals surface area (Å²) in [5, 5.41) is 10.6. The molecule has 0 unspecified atom stereocenters. The Kier molecular flexibility index (Phi) is 6.52. The molecule has 0 aliphatic carbocycles. The van der Waals surface area contributed by atoms with Crippen molar-refractivity contribution >= 4 is 11.7 Å². The van der Waals surface area contributed by atoms with Crippen molar-refractivity contribution in [3.05, 3.63) is 39.9 Å². The van der Waals surface area contributed by atoms with E-state index in [0.29, 0.717) is 18.2 Å². The number of nitro groups is 1. The first kappa shape index (κ1) is 17.4. The maximum absolute atomic E-state index is 11.9. The third kappa shape index (κ3) is 5.32. The smallest absolute Gasteiger partial charge is 0.338 e. The second-order valence-corrected chi connectivity index (χ2v) is 6.03. The van der Waals surface area contributed by atoms with Crippen LogP contribution in [-0.2, 0) is 4.74 Å². The van der Waals surface area contributed by atoms with Crippen LogP contribution in [0.5, 0.6) is 0 Å². The van der Waals surface area contributed by atoms with E-state index in [1.807, 2.05) is 0 Å². The van der Waals surface area contributed by atoms with Crippen LogP contribution in [0.3, 0.4) is 0 Å². The Balaban J connectivity index is 1.73. The number of rotatable bonds is 6. The summed E-state index contributed by atoms with van der Waals surface area (Å²) >= 11 is 0. The van der Waals surface area contributed by atoms with E-state index >= 15 is 0 Å². The van der Waals surface area contributed by atoms with Crippen molar-refractivity contribution in [2.75, 3.05) is 19.7 Å². The predicted octanol–water partition coefficient (Wildman–Crippen LogP) is 3.41. The van der Waals surface area contributed by atoms with Crippen molar-refractivity contribution in [2.45, 2.75) is 45.1 Å². The van der Waals surface area contributed by atoms with Crippen LogP contribution < -0.4 is 0 Å². The van der Waals surface area contributed by atoms with E-state index in [2.05, 4.69) is 11.8 Å². The van der Waals surface area contributed by atoms with Crippen molar-refractivity contribution in [3.63, 3.8) is 0 Å². The third-order valence-electron chi connectivity index (χ3n) is 4.33. The molecule has 0 aromatic heterocycles. The summed E-state index contributed by atoms with van der Waals surface area (Å²) < 4.78 is 5.25. The van der Waals surface area contributed by atoms with Crippen molar-refractivity contribution in [2.24, 2.45) is 0 Å². The summed E-state index contributed by atoms with van der Waals surface area (Å²) in [5.41, 5.74) is 0.315. The second kappa shape index (κ2) is 8.62. The van der Waals surface area contributed by atoms with Crippen LogP contribution in [0.15, 0.2) is 24.3 Å². The lowest BCUT2D eigenvalue weighted by molar-refractivity contribution is -0.384. The molecule has 1 atom stereocenters. The number of benzene rings is 1. The Bertz CT molecular complexity index is 530. The molecule has 126 valence electrons. The number of nitro benzene ring substituents is 1. The number of likely N-dealkylation sites (tertiary alicyclic amines) is 1. The van der Waals surface area contributed by atoms with Crippen molar-refractivity contribution in [1.29, 1.82) is 0 Å². The average molecular weight is 320 g/mol. The summed E-state index contributed by atoms with van der Waals surface area (Å²) in [6.45, 7) is 4.69. The van der Waals surface area contributed by atoms with Crippen LogP contribution in [0, 0.1) is 10.1 Å². The Labute approximate surface area is 136 Å². The van der Waals surface area contributed by atoms with Gasteiger partial charge in [-0.05, 0) is 44.9 Å². The lowest BCUT2D eigenvalue weighted by Gasteiger charge is -2.26. The molecule has 0 N–H and O–H groups in total. The number of nitrogens with zero attached hydrogens (tertiary/aromatic N) is 2. The van der Waals surface area contributed by atoms with Crippen LogP contribution in [0.2, 0.25) is 0 Å². The first-order valence-electron chi connectivity index (χ1n) is 8.23. The summed E-state index contributed by atoms with van der Waals surface area (Å²) in [7, 11) is 0. The van der Waals surface area contributed by atoms with Crippen molar-refractivity contribution in [3.8, 4) is 0 Å². The number of non-ortho nitro benzene ring substituents is 1. The van der Waals surface area contributed by atoms with Gasteiger partial charge >= 0.3 is 5.97 Å². The highest BCUT2D eigenvalue weighted by Gasteiger charge is 2.16.